The first-order valence-electron chi connectivity index (χ1n) is 11.7. The van der Waals surface area contributed by atoms with E-state index in [1.54, 1.807) is 13.3 Å². The topological polar surface area (TPSA) is 90.6 Å². The quantitative estimate of drug-likeness (QED) is 0.269. The second-order valence-electron chi connectivity index (χ2n) is 8.74. The minimum absolute atomic E-state index is 0.125. The maximum absolute atomic E-state index is 6.29. The highest BCUT2D eigenvalue weighted by Gasteiger charge is 2.36. The Morgan fingerprint density at radius 2 is 2.12 bits per heavy atom. The van der Waals surface area contributed by atoms with Crippen molar-refractivity contribution in [1.82, 2.24) is 10.3 Å². The standard InChI is InChI=1S/C25H30N4O4S/c1-3-4-7-31-24-19-13-29-6-5-15-8-21-22(33-14-32-21)11-18(15)20(29)10-17(19)16(9-23(24)30-2)12-27-28-25(26)34/h8-9,11-12,20H,3-7,10,13-14H2,1-2H3,(H3,26,28,34)/b27-12+. The molecule has 0 saturated carbocycles. The fraction of sp³-hybridized carbons (Fsp3) is 0.440. The number of methoxy groups -OCH3 is 1. The molecule has 0 aromatic heterocycles. The number of benzene rings is 2. The van der Waals surface area contributed by atoms with Gasteiger partial charge >= 0.3 is 0 Å². The van der Waals surface area contributed by atoms with Gasteiger partial charge in [0.2, 0.25) is 6.79 Å². The van der Waals surface area contributed by atoms with Gasteiger partial charge in [0.25, 0.3) is 0 Å². The lowest BCUT2D eigenvalue weighted by atomic mass is 9.82. The number of nitrogens with two attached hydrogens (primary N) is 1. The van der Waals surface area contributed by atoms with Crippen LogP contribution in [0.4, 0.5) is 0 Å². The van der Waals surface area contributed by atoms with Gasteiger partial charge in [-0.3, -0.25) is 10.3 Å². The Bertz CT molecular complexity index is 1140. The first-order chi connectivity index (χ1) is 16.6. The number of rotatable bonds is 7. The lowest BCUT2D eigenvalue weighted by molar-refractivity contribution is 0.155. The molecule has 3 aliphatic rings. The molecule has 0 aliphatic carbocycles. The molecule has 1 atom stereocenters. The Labute approximate surface area is 205 Å². The number of hydrogen-bond acceptors (Lipinski definition) is 7. The molecule has 5 rings (SSSR count). The molecule has 8 nitrogen and oxygen atoms in total. The smallest absolute Gasteiger partial charge is 0.231 e. The molecule has 3 heterocycles. The number of thiocarbonyl (C=S) groups is 1. The molecule has 0 bridgehead atoms. The molecule has 3 N–H and O–H groups in total. The summed E-state index contributed by atoms with van der Waals surface area (Å²) in [5, 5.41) is 4.36. The first kappa shape index (κ1) is 22.7. The van der Waals surface area contributed by atoms with Crippen LogP contribution >= 0.6 is 12.2 Å². The second kappa shape index (κ2) is 9.68. The molecule has 2 aromatic carbocycles. The van der Waals surface area contributed by atoms with Crippen LogP contribution in [0.2, 0.25) is 0 Å². The van der Waals surface area contributed by atoms with Crippen molar-refractivity contribution in [2.24, 2.45) is 10.8 Å². The largest absolute Gasteiger partial charge is 0.493 e. The van der Waals surface area contributed by atoms with Gasteiger partial charge in [-0.1, -0.05) is 13.3 Å². The van der Waals surface area contributed by atoms with Gasteiger partial charge in [-0.2, -0.15) is 5.10 Å². The Hall–Kier alpha value is -3.04. The predicted molar refractivity (Wildman–Crippen MR) is 134 cm³/mol. The van der Waals surface area contributed by atoms with E-state index in [1.807, 2.05) is 6.07 Å². The summed E-state index contributed by atoms with van der Waals surface area (Å²) >= 11 is 4.90. The van der Waals surface area contributed by atoms with Crippen LogP contribution in [0.25, 0.3) is 0 Å². The summed E-state index contributed by atoms with van der Waals surface area (Å²) in [7, 11) is 1.67. The summed E-state index contributed by atoms with van der Waals surface area (Å²) in [4.78, 5) is 2.52. The number of unbranched alkanes of at least 4 members (excludes halogenated alkanes) is 1. The van der Waals surface area contributed by atoms with Crippen LogP contribution in [-0.2, 0) is 19.4 Å². The van der Waals surface area contributed by atoms with Crippen LogP contribution in [0.5, 0.6) is 23.0 Å². The van der Waals surface area contributed by atoms with Gasteiger partial charge in [0, 0.05) is 30.3 Å². The number of nitrogens with one attached hydrogen (secondary N) is 1. The van der Waals surface area contributed by atoms with Crippen molar-refractivity contribution >= 4 is 23.5 Å². The molecule has 180 valence electrons. The van der Waals surface area contributed by atoms with E-state index < -0.39 is 0 Å². The van der Waals surface area contributed by atoms with E-state index in [2.05, 4.69) is 34.5 Å². The van der Waals surface area contributed by atoms with Crippen molar-refractivity contribution in [3.8, 4) is 23.0 Å². The molecule has 2 aromatic rings. The summed E-state index contributed by atoms with van der Waals surface area (Å²) in [5.74, 6) is 3.22. The third kappa shape index (κ3) is 4.25. The number of hydrazone groups is 1. The maximum Gasteiger partial charge on any atom is 0.231 e. The number of ether oxygens (including phenoxy) is 4. The van der Waals surface area contributed by atoms with Crippen molar-refractivity contribution in [2.75, 3.05) is 27.1 Å². The Morgan fingerprint density at radius 3 is 2.88 bits per heavy atom. The highest BCUT2D eigenvalue weighted by molar-refractivity contribution is 7.80. The molecule has 3 aliphatic heterocycles. The van der Waals surface area contributed by atoms with E-state index in [1.165, 1.54) is 16.7 Å². The number of nitrogens with zero attached hydrogens (tertiary/aromatic N) is 2. The highest BCUT2D eigenvalue weighted by atomic mass is 32.1. The fourth-order valence-electron chi connectivity index (χ4n) is 5.04. The monoisotopic (exact) mass is 482 g/mol. The van der Waals surface area contributed by atoms with Gasteiger partial charge in [0.05, 0.1) is 19.9 Å². The van der Waals surface area contributed by atoms with Crippen molar-refractivity contribution in [2.45, 2.75) is 45.2 Å². The number of hydrogen-bond donors (Lipinski definition) is 2. The summed E-state index contributed by atoms with van der Waals surface area (Å²) in [6.07, 6.45) is 5.62. The van der Waals surface area contributed by atoms with Gasteiger partial charge in [-0.25, -0.2) is 0 Å². The lowest BCUT2D eigenvalue weighted by Gasteiger charge is -2.42. The summed E-state index contributed by atoms with van der Waals surface area (Å²) in [6.45, 7) is 4.84. The Morgan fingerprint density at radius 1 is 1.29 bits per heavy atom. The van der Waals surface area contributed by atoms with Crippen LogP contribution in [-0.4, -0.2) is 43.3 Å². The Balaban J connectivity index is 1.57. The van der Waals surface area contributed by atoms with Gasteiger partial charge in [0.1, 0.15) is 0 Å². The van der Waals surface area contributed by atoms with Crippen LogP contribution in [0.1, 0.15) is 53.6 Å². The molecule has 0 fully saturated rings. The fourth-order valence-corrected chi connectivity index (χ4v) is 5.09. The lowest BCUT2D eigenvalue weighted by Crippen LogP contribution is -2.40. The zero-order valence-corrected chi connectivity index (χ0v) is 20.4. The van der Waals surface area contributed by atoms with Crippen molar-refractivity contribution in [3.05, 3.63) is 46.0 Å². The zero-order valence-electron chi connectivity index (χ0n) is 19.6. The molecule has 34 heavy (non-hydrogen) atoms. The van der Waals surface area contributed by atoms with Gasteiger partial charge in [-0.15, -0.1) is 0 Å². The minimum Gasteiger partial charge on any atom is -0.493 e. The predicted octanol–water partition coefficient (Wildman–Crippen LogP) is 3.43. The molecule has 0 spiro atoms. The van der Waals surface area contributed by atoms with E-state index in [0.29, 0.717) is 12.4 Å². The first-order valence-corrected chi connectivity index (χ1v) is 12.1. The van der Waals surface area contributed by atoms with Gasteiger partial charge in [0.15, 0.2) is 28.1 Å². The molecule has 0 saturated heterocycles. The van der Waals surface area contributed by atoms with E-state index in [-0.39, 0.29) is 17.9 Å². The highest BCUT2D eigenvalue weighted by Crippen LogP contribution is 2.47. The average molecular weight is 483 g/mol. The zero-order chi connectivity index (χ0) is 23.7. The second-order valence-corrected chi connectivity index (χ2v) is 9.18. The van der Waals surface area contributed by atoms with Gasteiger partial charge < -0.3 is 24.7 Å². The van der Waals surface area contributed by atoms with E-state index >= 15 is 0 Å². The molecular weight excluding hydrogens is 452 g/mol. The van der Waals surface area contributed by atoms with E-state index in [0.717, 1.165) is 67.1 Å². The van der Waals surface area contributed by atoms with Crippen LogP contribution in [0, 0.1) is 0 Å². The minimum atomic E-state index is 0.125. The van der Waals surface area contributed by atoms with Gasteiger partial charge in [-0.05, 0) is 66.4 Å². The van der Waals surface area contributed by atoms with E-state index in [9.17, 15) is 0 Å². The number of fused-ring (bicyclic) bond motifs is 5. The Kier molecular flexibility index (Phi) is 6.47. The average Bonchev–Trinajstić information content (AvgIpc) is 3.29. The maximum atomic E-state index is 6.29. The normalized spacial score (nSPS) is 18.2. The molecule has 0 radical (unpaired) electrons. The van der Waals surface area contributed by atoms with Crippen LogP contribution in [0.15, 0.2) is 23.3 Å². The summed E-state index contributed by atoms with van der Waals surface area (Å²) in [5.41, 5.74) is 14.2. The van der Waals surface area contributed by atoms with Crippen LogP contribution < -0.4 is 30.1 Å². The van der Waals surface area contributed by atoms with Crippen molar-refractivity contribution in [1.29, 1.82) is 0 Å². The SMILES string of the molecule is CCCCOc1c(OC)cc(/C=N/NC(N)=S)c2c1CN1CCc3cc4c(cc3C1C2)OCO4. The third-order valence-corrected chi connectivity index (χ3v) is 6.79. The molecular formula is C25H30N4O4S. The van der Waals surface area contributed by atoms with Crippen molar-refractivity contribution in [3.63, 3.8) is 0 Å². The molecule has 1 unspecified atom stereocenters. The summed E-state index contributed by atoms with van der Waals surface area (Å²) in [6, 6.07) is 6.53. The van der Waals surface area contributed by atoms with Crippen LogP contribution in [0.3, 0.4) is 0 Å². The third-order valence-electron chi connectivity index (χ3n) is 6.70. The summed E-state index contributed by atoms with van der Waals surface area (Å²) < 4.78 is 23.3. The molecule has 9 heteroatoms. The van der Waals surface area contributed by atoms with E-state index in [4.69, 9.17) is 36.9 Å². The molecule has 0 amide bonds. The van der Waals surface area contributed by atoms with Crippen molar-refractivity contribution < 1.29 is 18.9 Å².